The lowest BCUT2D eigenvalue weighted by atomic mass is 9.91. The number of carbonyl (C=O) groups is 2. The largest absolute Gasteiger partial charge is 0.465 e. The van der Waals surface area contributed by atoms with Crippen LogP contribution in [0, 0.1) is 5.82 Å². The van der Waals surface area contributed by atoms with E-state index in [1.54, 1.807) is 6.92 Å². The molecule has 1 amide bonds. The lowest BCUT2D eigenvalue weighted by Gasteiger charge is -2.25. The normalized spacial score (nSPS) is 16.3. The molecule has 2 heterocycles. The third-order valence-electron chi connectivity index (χ3n) is 6.51. The smallest absolute Gasteiger partial charge is 0.325 e. The van der Waals surface area contributed by atoms with Crippen LogP contribution in [0.2, 0.25) is 5.02 Å². The fraction of sp³-hybridized carbons (Fsp3) is 0.385. The van der Waals surface area contributed by atoms with Gasteiger partial charge >= 0.3 is 5.97 Å². The molecule has 2 aromatic carbocycles. The van der Waals surface area contributed by atoms with Crippen LogP contribution >= 0.6 is 11.6 Å². The number of nitrogens with one attached hydrogen (secondary N) is 1. The number of ether oxygens (including phenoxy) is 3. The SMILES string of the molecule is CCOC(=O)Cn1c2c(c3cc(F)cc(Cl)c31)CC(NC(=O)CCc1ccc3c(c1)OCO3)CC2. The molecule has 2 aliphatic rings. The second-order valence-electron chi connectivity index (χ2n) is 8.80. The average molecular weight is 501 g/mol. The maximum atomic E-state index is 14.2. The molecule has 1 unspecified atom stereocenters. The Morgan fingerprint density at radius 1 is 1.23 bits per heavy atom. The van der Waals surface area contributed by atoms with Crippen molar-refractivity contribution in [1.29, 1.82) is 0 Å². The molecule has 184 valence electrons. The standard InChI is InChI=1S/C26H26ClFN2O5/c1-2-33-25(32)13-30-21-6-5-17(12-18(21)19-10-16(28)11-20(27)26(19)30)29-24(31)8-4-15-3-7-22-23(9-15)35-14-34-22/h3,7,9-11,17H,2,4-6,8,12-14H2,1H3,(H,29,31). The topological polar surface area (TPSA) is 78.8 Å². The van der Waals surface area contributed by atoms with Gasteiger partial charge in [-0.25, -0.2) is 4.39 Å². The molecule has 35 heavy (non-hydrogen) atoms. The quantitative estimate of drug-likeness (QED) is 0.488. The number of hydrogen-bond donors (Lipinski definition) is 1. The Bertz CT molecular complexity index is 1300. The molecule has 5 rings (SSSR count). The third kappa shape index (κ3) is 4.80. The van der Waals surface area contributed by atoms with Crippen molar-refractivity contribution < 1.29 is 28.2 Å². The summed E-state index contributed by atoms with van der Waals surface area (Å²) in [7, 11) is 0. The molecule has 0 radical (unpaired) electrons. The van der Waals surface area contributed by atoms with Gasteiger partial charge in [0, 0.05) is 23.5 Å². The Hall–Kier alpha value is -3.26. The molecule has 3 aromatic rings. The van der Waals surface area contributed by atoms with Gasteiger partial charge in [-0.3, -0.25) is 9.59 Å². The molecule has 1 aliphatic heterocycles. The van der Waals surface area contributed by atoms with Gasteiger partial charge in [0.2, 0.25) is 12.7 Å². The number of halogens is 2. The number of rotatable bonds is 7. The van der Waals surface area contributed by atoms with Crippen molar-refractivity contribution in [2.45, 2.75) is 51.6 Å². The first-order valence-electron chi connectivity index (χ1n) is 11.8. The zero-order valence-electron chi connectivity index (χ0n) is 19.4. The van der Waals surface area contributed by atoms with E-state index in [1.165, 1.54) is 12.1 Å². The molecule has 1 aromatic heterocycles. The van der Waals surface area contributed by atoms with Gasteiger partial charge in [-0.05, 0) is 68.0 Å². The van der Waals surface area contributed by atoms with E-state index < -0.39 is 5.82 Å². The number of benzene rings is 2. The van der Waals surface area contributed by atoms with Crippen molar-refractivity contribution >= 4 is 34.4 Å². The van der Waals surface area contributed by atoms with E-state index in [-0.39, 0.29) is 42.9 Å². The van der Waals surface area contributed by atoms with Crippen molar-refractivity contribution in [1.82, 2.24) is 9.88 Å². The third-order valence-corrected chi connectivity index (χ3v) is 6.80. The van der Waals surface area contributed by atoms with E-state index in [1.807, 2.05) is 22.8 Å². The first kappa shape index (κ1) is 23.5. The van der Waals surface area contributed by atoms with Gasteiger partial charge in [0.25, 0.3) is 0 Å². The minimum atomic E-state index is -0.437. The molecule has 7 nitrogen and oxygen atoms in total. The summed E-state index contributed by atoms with van der Waals surface area (Å²) in [6.45, 7) is 2.26. The van der Waals surface area contributed by atoms with Gasteiger partial charge < -0.3 is 24.1 Å². The fourth-order valence-corrected chi connectivity index (χ4v) is 5.29. The zero-order valence-corrected chi connectivity index (χ0v) is 20.1. The van der Waals surface area contributed by atoms with E-state index in [4.69, 9.17) is 25.8 Å². The number of aryl methyl sites for hydroxylation is 1. The Kier molecular flexibility index (Phi) is 6.56. The number of aromatic nitrogens is 1. The van der Waals surface area contributed by atoms with Gasteiger partial charge in [-0.15, -0.1) is 0 Å². The number of fused-ring (bicyclic) bond motifs is 4. The van der Waals surface area contributed by atoms with Crippen LogP contribution in [0.5, 0.6) is 11.5 Å². The highest BCUT2D eigenvalue weighted by atomic mass is 35.5. The van der Waals surface area contributed by atoms with Crippen LogP contribution in [-0.2, 0) is 40.1 Å². The van der Waals surface area contributed by atoms with Crippen LogP contribution in [0.3, 0.4) is 0 Å². The highest BCUT2D eigenvalue weighted by molar-refractivity contribution is 6.35. The maximum absolute atomic E-state index is 14.2. The molecule has 1 aliphatic carbocycles. The zero-order chi connectivity index (χ0) is 24.5. The Balaban J connectivity index is 1.30. The van der Waals surface area contributed by atoms with E-state index in [9.17, 15) is 14.0 Å². The van der Waals surface area contributed by atoms with E-state index >= 15 is 0 Å². The number of hydrogen-bond acceptors (Lipinski definition) is 5. The Morgan fingerprint density at radius 3 is 2.89 bits per heavy atom. The molecule has 1 atom stereocenters. The summed E-state index contributed by atoms with van der Waals surface area (Å²) in [5, 5.41) is 4.05. The highest BCUT2D eigenvalue weighted by Crippen LogP contribution is 2.37. The summed E-state index contributed by atoms with van der Waals surface area (Å²) >= 11 is 6.40. The average Bonchev–Trinajstić information content (AvgIpc) is 3.40. The van der Waals surface area contributed by atoms with Gasteiger partial charge in [0.1, 0.15) is 12.4 Å². The summed E-state index contributed by atoms with van der Waals surface area (Å²) < 4.78 is 31.9. The second-order valence-corrected chi connectivity index (χ2v) is 9.20. The van der Waals surface area contributed by atoms with Gasteiger partial charge in [0.15, 0.2) is 11.5 Å². The molecular formula is C26H26ClFN2O5. The second kappa shape index (κ2) is 9.77. The monoisotopic (exact) mass is 500 g/mol. The maximum Gasteiger partial charge on any atom is 0.325 e. The number of carbonyl (C=O) groups excluding carboxylic acids is 2. The van der Waals surface area contributed by atoms with Crippen LogP contribution in [0.4, 0.5) is 4.39 Å². The lowest BCUT2D eigenvalue weighted by Crippen LogP contribution is -2.39. The van der Waals surface area contributed by atoms with E-state index in [0.29, 0.717) is 48.8 Å². The van der Waals surface area contributed by atoms with Crippen LogP contribution in [-0.4, -0.2) is 35.9 Å². The first-order chi connectivity index (χ1) is 16.9. The minimum Gasteiger partial charge on any atom is -0.465 e. The molecule has 0 spiro atoms. The highest BCUT2D eigenvalue weighted by Gasteiger charge is 2.28. The van der Waals surface area contributed by atoms with Crippen molar-refractivity contribution in [2.24, 2.45) is 0 Å². The summed E-state index contributed by atoms with van der Waals surface area (Å²) in [6, 6.07) is 8.31. The number of nitrogens with zero attached hydrogens (tertiary/aromatic N) is 1. The molecular weight excluding hydrogens is 475 g/mol. The first-order valence-corrected chi connectivity index (χ1v) is 12.1. The van der Waals surface area contributed by atoms with Crippen LogP contribution in [0.25, 0.3) is 10.9 Å². The van der Waals surface area contributed by atoms with Crippen molar-refractivity contribution in [3.05, 3.63) is 58.0 Å². The van der Waals surface area contributed by atoms with E-state index in [0.717, 1.165) is 22.6 Å². The summed E-state index contributed by atoms with van der Waals surface area (Å²) in [4.78, 5) is 25.0. The molecule has 1 N–H and O–H groups in total. The van der Waals surface area contributed by atoms with E-state index in [2.05, 4.69) is 5.32 Å². The number of amides is 1. The van der Waals surface area contributed by atoms with Crippen molar-refractivity contribution in [3.63, 3.8) is 0 Å². The van der Waals surface area contributed by atoms with Gasteiger partial charge in [-0.2, -0.15) is 0 Å². The number of esters is 1. The fourth-order valence-electron chi connectivity index (χ4n) is 4.98. The molecule has 0 bridgehead atoms. The van der Waals surface area contributed by atoms with Crippen LogP contribution in [0.1, 0.15) is 36.6 Å². The Labute approximate surface area is 207 Å². The summed E-state index contributed by atoms with van der Waals surface area (Å²) in [5.74, 6) is 0.568. The van der Waals surface area contributed by atoms with Crippen LogP contribution in [0.15, 0.2) is 30.3 Å². The minimum absolute atomic E-state index is 0.0115. The van der Waals surface area contributed by atoms with Crippen molar-refractivity contribution in [2.75, 3.05) is 13.4 Å². The Morgan fingerprint density at radius 2 is 2.06 bits per heavy atom. The predicted molar refractivity (Wildman–Crippen MR) is 128 cm³/mol. The lowest BCUT2D eigenvalue weighted by molar-refractivity contribution is -0.143. The summed E-state index contributed by atoms with van der Waals surface area (Å²) in [5.41, 5.74) is 3.48. The predicted octanol–water partition coefficient (Wildman–Crippen LogP) is 4.33. The van der Waals surface area contributed by atoms with Crippen LogP contribution < -0.4 is 14.8 Å². The molecule has 9 heteroatoms. The van der Waals surface area contributed by atoms with Crippen molar-refractivity contribution in [3.8, 4) is 11.5 Å². The van der Waals surface area contributed by atoms with Gasteiger partial charge in [0.05, 0.1) is 17.1 Å². The molecule has 0 saturated carbocycles. The van der Waals surface area contributed by atoms with Gasteiger partial charge in [-0.1, -0.05) is 17.7 Å². The molecule has 0 saturated heterocycles. The molecule has 0 fully saturated rings. The summed E-state index contributed by atoms with van der Waals surface area (Å²) in [6.07, 6.45) is 2.81.